The Kier molecular flexibility index (Phi) is 11.0. The van der Waals surface area contributed by atoms with E-state index in [-0.39, 0.29) is 50.3 Å². The molecule has 244 valence electrons. The minimum atomic E-state index is -3.82. The molecule has 1 aliphatic heterocycles. The summed E-state index contributed by atoms with van der Waals surface area (Å²) in [6.07, 6.45) is 0.0802. The molecule has 0 saturated carbocycles. The fourth-order valence-corrected chi connectivity index (χ4v) is 7.17. The number of nitrogens with zero attached hydrogens (tertiary/aromatic N) is 4. The molecule has 1 aliphatic rings. The van der Waals surface area contributed by atoms with Gasteiger partial charge in [0.05, 0.1) is 50.1 Å². The highest BCUT2D eigenvalue weighted by atomic mass is 35.5. The van der Waals surface area contributed by atoms with Crippen molar-refractivity contribution in [2.24, 2.45) is 4.99 Å². The number of carbonyl (C=O) groups is 1. The molecule has 0 saturated heterocycles. The summed E-state index contributed by atoms with van der Waals surface area (Å²) in [7, 11) is -3.82. The number of benzene rings is 2. The first kappa shape index (κ1) is 33.9. The summed E-state index contributed by atoms with van der Waals surface area (Å²) in [4.78, 5) is 19.5. The van der Waals surface area contributed by atoms with Gasteiger partial charge >= 0.3 is 0 Å². The van der Waals surface area contributed by atoms with Crippen molar-refractivity contribution in [3.05, 3.63) is 92.3 Å². The van der Waals surface area contributed by atoms with Crippen molar-refractivity contribution < 1.29 is 26.9 Å². The summed E-state index contributed by atoms with van der Waals surface area (Å²) in [5.41, 5.74) is 4.79. The number of fused-ring (bicyclic) bond motifs is 3. The van der Waals surface area contributed by atoms with E-state index in [2.05, 4.69) is 29.4 Å². The molecule has 14 heteroatoms. The van der Waals surface area contributed by atoms with Crippen LogP contribution in [-0.4, -0.2) is 74.4 Å². The fraction of sp³-hybridized carbons (Fsp3) is 0.375. The van der Waals surface area contributed by atoms with Gasteiger partial charge in [0.2, 0.25) is 5.91 Å². The lowest BCUT2D eigenvalue weighted by molar-refractivity contribution is -0.121. The third-order valence-electron chi connectivity index (χ3n) is 7.45. The first-order chi connectivity index (χ1) is 22.0. The quantitative estimate of drug-likeness (QED) is 0.144. The van der Waals surface area contributed by atoms with Crippen LogP contribution < -0.4 is 5.32 Å². The molecule has 11 nitrogen and oxygen atoms in total. The molecule has 0 spiro atoms. The molecule has 3 heterocycles. The van der Waals surface area contributed by atoms with Gasteiger partial charge in [0, 0.05) is 27.6 Å². The number of aryl methyl sites for hydroxylation is 3. The zero-order valence-corrected chi connectivity index (χ0v) is 28.5. The van der Waals surface area contributed by atoms with Gasteiger partial charge in [0.15, 0.2) is 5.82 Å². The van der Waals surface area contributed by atoms with Crippen LogP contribution in [0.2, 0.25) is 5.02 Å². The first-order valence-corrected chi connectivity index (χ1v) is 17.4. The molecule has 1 atom stereocenters. The van der Waals surface area contributed by atoms with Crippen LogP contribution in [0.1, 0.15) is 51.2 Å². The Balaban J connectivity index is 1.11. The summed E-state index contributed by atoms with van der Waals surface area (Å²) in [6.45, 7) is 9.05. The average Bonchev–Trinajstić information content (AvgIpc) is 3.50. The van der Waals surface area contributed by atoms with E-state index in [0.29, 0.717) is 17.4 Å². The Bertz CT molecular complexity index is 1820. The second-order valence-electron chi connectivity index (χ2n) is 10.8. The van der Waals surface area contributed by atoms with Gasteiger partial charge in [-0.2, -0.15) is 8.42 Å². The molecule has 4 aromatic rings. The van der Waals surface area contributed by atoms with Crippen LogP contribution in [-0.2, 0) is 28.6 Å². The predicted molar refractivity (Wildman–Crippen MR) is 177 cm³/mol. The number of ether oxygens (including phenoxy) is 2. The summed E-state index contributed by atoms with van der Waals surface area (Å²) < 4.78 is 42.4. The molecule has 0 unspecified atom stereocenters. The lowest BCUT2D eigenvalue weighted by Crippen LogP contribution is -2.29. The molecular formula is C32H36ClN5O6S2. The number of thiophene rings is 1. The number of hydrogen-bond donors (Lipinski definition) is 1. The Hall–Kier alpha value is -3.46. The number of hydrogen-bond acceptors (Lipinski definition) is 10. The maximum absolute atomic E-state index is 13.1. The summed E-state index contributed by atoms with van der Waals surface area (Å²) in [5.74, 6) is 1.15. The van der Waals surface area contributed by atoms with Crippen molar-refractivity contribution in [2.75, 3.05) is 39.6 Å². The zero-order chi connectivity index (χ0) is 32.8. The molecule has 0 radical (unpaired) electrons. The van der Waals surface area contributed by atoms with Crippen LogP contribution in [0.5, 0.6) is 0 Å². The van der Waals surface area contributed by atoms with Crippen LogP contribution >= 0.6 is 22.9 Å². The predicted octanol–water partition coefficient (Wildman–Crippen LogP) is 5.05. The van der Waals surface area contributed by atoms with Crippen molar-refractivity contribution >= 4 is 44.7 Å². The lowest BCUT2D eigenvalue weighted by atomic mass is 9.99. The van der Waals surface area contributed by atoms with E-state index in [9.17, 15) is 13.2 Å². The molecule has 0 fully saturated rings. The van der Waals surface area contributed by atoms with Crippen molar-refractivity contribution in [2.45, 2.75) is 45.1 Å². The van der Waals surface area contributed by atoms with Gasteiger partial charge in [0.1, 0.15) is 16.9 Å². The number of aromatic nitrogens is 3. The maximum atomic E-state index is 13.1. The molecule has 0 aliphatic carbocycles. The summed E-state index contributed by atoms with van der Waals surface area (Å²) >= 11 is 7.84. The van der Waals surface area contributed by atoms with Gasteiger partial charge in [-0.15, -0.1) is 21.5 Å². The van der Waals surface area contributed by atoms with Crippen LogP contribution in [0, 0.1) is 27.7 Å². The molecule has 1 amide bonds. The lowest BCUT2D eigenvalue weighted by Gasteiger charge is -2.13. The SMILES string of the molecule is Cc1ccc(S(=O)(=O)OCCOCCOCCNC(=O)C[C@@H]2N=C(c3ccc(Cl)cc3)c3c(sc(C)c3C)-n3c(C)nnc32)cc1. The Labute approximate surface area is 277 Å². The van der Waals surface area contributed by atoms with Crippen molar-refractivity contribution in [1.82, 2.24) is 20.1 Å². The number of amides is 1. The first-order valence-electron chi connectivity index (χ1n) is 14.8. The van der Waals surface area contributed by atoms with Gasteiger partial charge < -0.3 is 14.8 Å². The van der Waals surface area contributed by atoms with Gasteiger partial charge in [-0.3, -0.25) is 18.5 Å². The third-order valence-corrected chi connectivity index (χ3v) is 10.2. The Morgan fingerprint density at radius 1 is 0.935 bits per heavy atom. The molecule has 5 rings (SSSR count). The van der Waals surface area contributed by atoms with Gasteiger partial charge in [0.25, 0.3) is 10.1 Å². The number of halogens is 1. The van der Waals surface area contributed by atoms with Crippen molar-refractivity contribution in [3.8, 4) is 5.00 Å². The van der Waals surface area contributed by atoms with Gasteiger partial charge in [-0.25, -0.2) is 0 Å². The molecule has 0 bridgehead atoms. The van der Waals surface area contributed by atoms with Crippen molar-refractivity contribution in [1.29, 1.82) is 0 Å². The summed E-state index contributed by atoms with van der Waals surface area (Å²) in [5, 5.41) is 13.3. The van der Waals surface area contributed by atoms with Crippen LogP contribution in [0.4, 0.5) is 0 Å². The third kappa shape index (κ3) is 7.91. The number of rotatable bonds is 14. The Morgan fingerprint density at radius 3 is 2.33 bits per heavy atom. The number of aliphatic imine (C=N–C) groups is 1. The van der Waals surface area contributed by atoms with Gasteiger partial charge in [-0.1, -0.05) is 41.4 Å². The topological polar surface area (TPSA) is 134 Å². The van der Waals surface area contributed by atoms with E-state index in [1.54, 1.807) is 23.5 Å². The fourth-order valence-electron chi connectivity index (χ4n) is 4.94. The highest BCUT2D eigenvalue weighted by Crippen LogP contribution is 2.39. The molecular weight excluding hydrogens is 650 g/mol. The monoisotopic (exact) mass is 685 g/mol. The van der Waals surface area contributed by atoms with E-state index in [1.807, 2.05) is 42.7 Å². The van der Waals surface area contributed by atoms with E-state index in [1.165, 1.54) is 17.0 Å². The number of carbonyl (C=O) groups excluding carboxylic acids is 1. The molecule has 1 N–H and O–H groups in total. The summed E-state index contributed by atoms with van der Waals surface area (Å²) in [6, 6.07) is 13.4. The van der Waals surface area contributed by atoms with Crippen LogP contribution in [0.15, 0.2) is 58.4 Å². The van der Waals surface area contributed by atoms with Gasteiger partial charge in [-0.05, 0) is 57.5 Å². The highest BCUT2D eigenvalue weighted by Gasteiger charge is 2.32. The normalized spacial score (nSPS) is 14.4. The van der Waals surface area contributed by atoms with Crippen molar-refractivity contribution in [3.63, 3.8) is 0 Å². The second-order valence-corrected chi connectivity index (χ2v) is 14.0. The second kappa shape index (κ2) is 15.0. The average molecular weight is 686 g/mol. The minimum absolute atomic E-state index is 0.0802. The van der Waals surface area contributed by atoms with Crippen LogP contribution in [0.25, 0.3) is 5.00 Å². The highest BCUT2D eigenvalue weighted by molar-refractivity contribution is 7.86. The molecule has 46 heavy (non-hydrogen) atoms. The van der Waals surface area contributed by atoms with E-state index < -0.39 is 16.2 Å². The van der Waals surface area contributed by atoms with E-state index >= 15 is 0 Å². The largest absolute Gasteiger partial charge is 0.377 e. The molecule has 2 aromatic carbocycles. The molecule has 2 aromatic heterocycles. The Morgan fingerprint density at radius 2 is 1.61 bits per heavy atom. The van der Waals surface area contributed by atoms with E-state index in [0.717, 1.165) is 38.8 Å². The maximum Gasteiger partial charge on any atom is 0.297 e. The minimum Gasteiger partial charge on any atom is -0.377 e. The standard InChI is InChI=1S/C32H36ClN5O6S2/c1-20-5-11-26(12-6-20)46(40,41)44-18-17-43-16-15-42-14-13-34-28(39)19-27-31-37-36-23(4)38(31)32-29(21(2)22(3)45-32)30(35-27)24-7-9-25(33)10-8-24/h5-12,27H,13-19H2,1-4H3,(H,34,39)/t27-/m0/s1. The van der Waals surface area contributed by atoms with E-state index in [4.69, 9.17) is 30.3 Å². The number of nitrogens with one attached hydrogen (secondary N) is 1. The van der Waals surface area contributed by atoms with Crippen LogP contribution in [0.3, 0.4) is 0 Å². The smallest absolute Gasteiger partial charge is 0.297 e. The zero-order valence-electron chi connectivity index (χ0n) is 26.1.